The second-order valence-electron chi connectivity index (χ2n) is 6.05. The van der Waals surface area contributed by atoms with Crippen LogP contribution >= 0.6 is 0 Å². The highest BCUT2D eigenvalue weighted by Gasteiger charge is 2.06. The Morgan fingerprint density at radius 2 is 1.84 bits per heavy atom. The summed E-state index contributed by atoms with van der Waals surface area (Å²) in [7, 11) is 3.90. The zero-order valence-electron chi connectivity index (χ0n) is 14.4. The predicted octanol–water partition coefficient (Wildman–Crippen LogP) is 3.26. The van der Waals surface area contributed by atoms with E-state index in [1.165, 1.54) is 6.33 Å². The van der Waals surface area contributed by atoms with Crippen molar-refractivity contribution in [1.29, 1.82) is 0 Å². The van der Waals surface area contributed by atoms with Crippen molar-refractivity contribution in [3.63, 3.8) is 0 Å². The third-order valence-electron chi connectivity index (χ3n) is 3.74. The molecule has 1 amide bonds. The summed E-state index contributed by atoms with van der Waals surface area (Å²) in [4.78, 5) is 22.6. The normalized spacial score (nSPS) is 10.8. The molecule has 1 heterocycles. The Morgan fingerprint density at radius 3 is 2.68 bits per heavy atom. The standard InChI is InChI=1S/C19H21N5O/c1-24(2)11-10-18(25)22-14-6-5-7-15(12-14)23-19-16-8-3-4-9-17(16)20-13-21-19/h3-9,12-13H,10-11H2,1-2H3,(H,22,25)(H,20,21,23). The van der Waals surface area contributed by atoms with Crippen molar-refractivity contribution in [2.75, 3.05) is 31.3 Å². The van der Waals surface area contributed by atoms with Crippen LogP contribution in [0.2, 0.25) is 0 Å². The second-order valence-corrected chi connectivity index (χ2v) is 6.05. The molecule has 0 saturated carbocycles. The molecular weight excluding hydrogens is 314 g/mol. The van der Waals surface area contributed by atoms with Crippen molar-refractivity contribution in [2.45, 2.75) is 6.42 Å². The first-order chi connectivity index (χ1) is 12.1. The Balaban J connectivity index is 1.74. The molecule has 1 aromatic heterocycles. The minimum atomic E-state index is -0.00154. The monoisotopic (exact) mass is 335 g/mol. The number of carbonyl (C=O) groups excluding carboxylic acids is 1. The lowest BCUT2D eigenvalue weighted by Gasteiger charge is -2.12. The molecule has 6 nitrogen and oxygen atoms in total. The van der Waals surface area contributed by atoms with E-state index in [2.05, 4.69) is 20.6 Å². The highest BCUT2D eigenvalue weighted by atomic mass is 16.1. The van der Waals surface area contributed by atoms with Crippen LogP contribution in [0.4, 0.5) is 17.2 Å². The number of amides is 1. The van der Waals surface area contributed by atoms with Crippen LogP contribution in [-0.2, 0) is 4.79 Å². The molecule has 2 aromatic carbocycles. The molecule has 0 aliphatic heterocycles. The zero-order valence-corrected chi connectivity index (χ0v) is 14.4. The summed E-state index contributed by atoms with van der Waals surface area (Å²) >= 11 is 0. The van der Waals surface area contributed by atoms with Crippen molar-refractivity contribution in [1.82, 2.24) is 14.9 Å². The van der Waals surface area contributed by atoms with E-state index in [4.69, 9.17) is 0 Å². The fourth-order valence-corrected chi connectivity index (χ4v) is 2.46. The molecule has 6 heteroatoms. The molecule has 0 atom stereocenters. The van der Waals surface area contributed by atoms with Crippen molar-refractivity contribution >= 4 is 34.0 Å². The molecule has 25 heavy (non-hydrogen) atoms. The van der Waals surface area contributed by atoms with Crippen LogP contribution in [0.3, 0.4) is 0 Å². The van der Waals surface area contributed by atoms with Gasteiger partial charge in [-0.1, -0.05) is 18.2 Å². The second kappa shape index (κ2) is 7.72. The lowest BCUT2D eigenvalue weighted by Crippen LogP contribution is -2.20. The summed E-state index contributed by atoms with van der Waals surface area (Å²) in [6.45, 7) is 0.719. The smallest absolute Gasteiger partial charge is 0.225 e. The van der Waals surface area contributed by atoms with E-state index in [1.54, 1.807) is 0 Å². The number of anilines is 3. The van der Waals surface area contributed by atoms with Crippen molar-refractivity contribution in [3.8, 4) is 0 Å². The van der Waals surface area contributed by atoms with Crippen LogP contribution < -0.4 is 10.6 Å². The highest BCUT2D eigenvalue weighted by Crippen LogP contribution is 2.24. The van der Waals surface area contributed by atoms with Gasteiger partial charge in [-0.2, -0.15) is 0 Å². The average molecular weight is 335 g/mol. The Bertz CT molecular complexity index is 873. The molecule has 0 fully saturated rings. The molecule has 3 aromatic rings. The third kappa shape index (κ3) is 4.51. The molecule has 0 aliphatic rings. The SMILES string of the molecule is CN(C)CCC(=O)Nc1cccc(Nc2ncnc3ccccc23)c1. The van der Waals surface area contributed by atoms with Crippen LogP contribution in [0.15, 0.2) is 54.9 Å². The van der Waals surface area contributed by atoms with Gasteiger partial charge in [0.2, 0.25) is 5.91 Å². The predicted molar refractivity (Wildman–Crippen MR) is 101 cm³/mol. The lowest BCUT2D eigenvalue weighted by molar-refractivity contribution is -0.116. The van der Waals surface area contributed by atoms with Gasteiger partial charge in [0.15, 0.2) is 0 Å². The number of rotatable bonds is 6. The van der Waals surface area contributed by atoms with E-state index in [9.17, 15) is 4.79 Å². The van der Waals surface area contributed by atoms with Crippen molar-refractivity contribution in [2.24, 2.45) is 0 Å². The number of nitrogens with one attached hydrogen (secondary N) is 2. The van der Waals surface area contributed by atoms with Crippen LogP contribution in [0, 0.1) is 0 Å². The summed E-state index contributed by atoms with van der Waals surface area (Å²) < 4.78 is 0. The summed E-state index contributed by atoms with van der Waals surface area (Å²) in [5.41, 5.74) is 2.49. The highest BCUT2D eigenvalue weighted by molar-refractivity contribution is 5.93. The van der Waals surface area contributed by atoms with E-state index in [-0.39, 0.29) is 5.91 Å². The Labute approximate surface area is 146 Å². The number of aromatic nitrogens is 2. The number of benzene rings is 2. The molecule has 128 valence electrons. The number of carbonyl (C=O) groups is 1. The maximum absolute atomic E-state index is 12.0. The van der Waals surface area contributed by atoms with Gasteiger partial charge in [0.25, 0.3) is 0 Å². The molecule has 0 unspecified atom stereocenters. The molecule has 0 saturated heterocycles. The number of fused-ring (bicyclic) bond motifs is 1. The number of hydrogen-bond acceptors (Lipinski definition) is 5. The molecule has 0 aliphatic carbocycles. The summed E-state index contributed by atoms with van der Waals surface area (Å²) in [6, 6.07) is 15.4. The summed E-state index contributed by atoms with van der Waals surface area (Å²) in [5.74, 6) is 0.736. The third-order valence-corrected chi connectivity index (χ3v) is 3.74. The first-order valence-corrected chi connectivity index (χ1v) is 8.13. The number of para-hydroxylation sites is 1. The largest absolute Gasteiger partial charge is 0.340 e. The Hall–Kier alpha value is -2.99. The fourth-order valence-electron chi connectivity index (χ4n) is 2.46. The van der Waals surface area contributed by atoms with Gasteiger partial charge in [-0.3, -0.25) is 4.79 Å². The van der Waals surface area contributed by atoms with E-state index < -0.39 is 0 Å². The van der Waals surface area contributed by atoms with Gasteiger partial charge in [0.05, 0.1) is 5.52 Å². The van der Waals surface area contributed by atoms with E-state index in [1.807, 2.05) is 67.5 Å². The van der Waals surface area contributed by atoms with Crippen molar-refractivity contribution in [3.05, 3.63) is 54.9 Å². The van der Waals surface area contributed by atoms with Gasteiger partial charge >= 0.3 is 0 Å². The van der Waals surface area contributed by atoms with Crippen LogP contribution in [0.1, 0.15) is 6.42 Å². The van der Waals surface area contributed by atoms with Gasteiger partial charge in [0, 0.05) is 29.7 Å². The molecule has 3 rings (SSSR count). The van der Waals surface area contributed by atoms with Gasteiger partial charge in [-0.25, -0.2) is 9.97 Å². The average Bonchev–Trinajstić information content (AvgIpc) is 2.61. The first kappa shape index (κ1) is 16.9. The summed E-state index contributed by atoms with van der Waals surface area (Å²) in [5, 5.41) is 7.17. The van der Waals surface area contributed by atoms with Gasteiger partial charge in [-0.15, -0.1) is 0 Å². The Morgan fingerprint density at radius 1 is 1.04 bits per heavy atom. The quantitative estimate of drug-likeness (QED) is 0.723. The van der Waals surface area contributed by atoms with E-state index in [0.717, 1.165) is 34.6 Å². The minimum Gasteiger partial charge on any atom is -0.340 e. The van der Waals surface area contributed by atoms with Crippen LogP contribution in [0.5, 0.6) is 0 Å². The van der Waals surface area contributed by atoms with Gasteiger partial charge in [-0.05, 0) is 44.4 Å². The number of hydrogen-bond donors (Lipinski definition) is 2. The Kier molecular flexibility index (Phi) is 5.20. The molecular formula is C19H21N5O. The number of nitrogens with zero attached hydrogens (tertiary/aromatic N) is 3. The minimum absolute atomic E-state index is 0.00154. The maximum atomic E-state index is 12.0. The topological polar surface area (TPSA) is 70.2 Å². The zero-order chi connectivity index (χ0) is 17.6. The van der Waals surface area contributed by atoms with Crippen molar-refractivity contribution < 1.29 is 4.79 Å². The molecule has 2 N–H and O–H groups in total. The maximum Gasteiger partial charge on any atom is 0.225 e. The molecule has 0 radical (unpaired) electrons. The molecule has 0 bridgehead atoms. The van der Waals surface area contributed by atoms with Crippen LogP contribution in [-0.4, -0.2) is 41.4 Å². The molecule has 0 spiro atoms. The van der Waals surface area contributed by atoms with Gasteiger partial charge in [0.1, 0.15) is 12.1 Å². The van der Waals surface area contributed by atoms with E-state index in [0.29, 0.717) is 6.42 Å². The van der Waals surface area contributed by atoms with Crippen LogP contribution in [0.25, 0.3) is 10.9 Å². The first-order valence-electron chi connectivity index (χ1n) is 8.13. The van der Waals surface area contributed by atoms with Gasteiger partial charge < -0.3 is 15.5 Å². The summed E-state index contributed by atoms with van der Waals surface area (Å²) in [6.07, 6.45) is 2.00. The fraction of sp³-hybridized carbons (Fsp3) is 0.211. The lowest BCUT2D eigenvalue weighted by atomic mass is 10.2. The van der Waals surface area contributed by atoms with E-state index >= 15 is 0 Å².